The van der Waals surface area contributed by atoms with E-state index < -0.39 is 0 Å². The molecular formula is C13H24N6S. The summed E-state index contributed by atoms with van der Waals surface area (Å²) >= 11 is 1.96. The molecule has 1 aromatic rings. The van der Waals surface area contributed by atoms with Gasteiger partial charge in [-0.15, -0.1) is 0 Å². The second kappa shape index (κ2) is 6.97. The maximum absolute atomic E-state index is 4.47. The van der Waals surface area contributed by atoms with E-state index in [0.29, 0.717) is 23.9 Å². The fourth-order valence-corrected chi connectivity index (χ4v) is 3.24. The SMILES string of the molecule is CNc1nc(NC2CCCC(SC)C2)nc(N(C)C)n1. The number of rotatable bonds is 5. The molecule has 0 aromatic carbocycles. The number of aromatic nitrogens is 3. The first-order valence-electron chi connectivity index (χ1n) is 7.03. The molecule has 0 radical (unpaired) electrons. The molecule has 1 aromatic heterocycles. The second-order valence-electron chi connectivity index (χ2n) is 5.29. The molecule has 1 saturated carbocycles. The van der Waals surface area contributed by atoms with Gasteiger partial charge in [0.15, 0.2) is 0 Å². The van der Waals surface area contributed by atoms with E-state index in [0.717, 1.165) is 5.25 Å². The van der Waals surface area contributed by atoms with Gasteiger partial charge in [-0.2, -0.15) is 26.7 Å². The Labute approximate surface area is 125 Å². The summed E-state index contributed by atoms with van der Waals surface area (Å²) in [5.41, 5.74) is 0. The molecule has 1 heterocycles. The van der Waals surface area contributed by atoms with Gasteiger partial charge in [0.2, 0.25) is 17.8 Å². The lowest BCUT2D eigenvalue weighted by Crippen LogP contribution is -2.29. The lowest BCUT2D eigenvalue weighted by Gasteiger charge is -2.28. The van der Waals surface area contributed by atoms with Gasteiger partial charge in [0.05, 0.1) is 0 Å². The average Bonchev–Trinajstić information content (AvgIpc) is 2.47. The first-order valence-corrected chi connectivity index (χ1v) is 8.31. The summed E-state index contributed by atoms with van der Waals surface area (Å²) in [7, 11) is 5.69. The van der Waals surface area contributed by atoms with E-state index >= 15 is 0 Å². The Bertz CT molecular complexity index is 439. The van der Waals surface area contributed by atoms with Crippen molar-refractivity contribution in [1.82, 2.24) is 15.0 Å². The summed E-state index contributed by atoms with van der Waals surface area (Å²) in [6, 6.07) is 0.461. The highest BCUT2D eigenvalue weighted by Gasteiger charge is 2.22. The lowest BCUT2D eigenvalue weighted by molar-refractivity contribution is 0.471. The monoisotopic (exact) mass is 296 g/mol. The summed E-state index contributed by atoms with van der Waals surface area (Å²) in [5.74, 6) is 1.94. The van der Waals surface area contributed by atoms with E-state index in [4.69, 9.17) is 0 Å². The van der Waals surface area contributed by atoms with E-state index in [1.54, 1.807) is 0 Å². The molecule has 1 aliphatic rings. The number of hydrogen-bond acceptors (Lipinski definition) is 7. The van der Waals surface area contributed by atoms with Gasteiger partial charge < -0.3 is 15.5 Å². The molecular weight excluding hydrogens is 272 g/mol. The molecule has 0 aliphatic heterocycles. The van der Waals surface area contributed by atoms with Crippen molar-refractivity contribution in [3.63, 3.8) is 0 Å². The van der Waals surface area contributed by atoms with E-state index in [-0.39, 0.29) is 0 Å². The highest BCUT2D eigenvalue weighted by molar-refractivity contribution is 7.99. The lowest BCUT2D eigenvalue weighted by atomic mass is 9.95. The molecule has 2 atom stereocenters. The van der Waals surface area contributed by atoms with Crippen molar-refractivity contribution in [1.29, 1.82) is 0 Å². The molecule has 0 amide bonds. The van der Waals surface area contributed by atoms with Gasteiger partial charge in [0.1, 0.15) is 0 Å². The van der Waals surface area contributed by atoms with Crippen LogP contribution in [-0.4, -0.2) is 53.6 Å². The molecule has 2 unspecified atom stereocenters. The molecule has 2 N–H and O–H groups in total. The summed E-state index contributed by atoms with van der Waals surface area (Å²) in [6.07, 6.45) is 7.15. The van der Waals surface area contributed by atoms with Crippen molar-refractivity contribution in [2.24, 2.45) is 0 Å². The number of nitrogens with zero attached hydrogens (tertiary/aromatic N) is 4. The maximum atomic E-state index is 4.47. The summed E-state index contributed by atoms with van der Waals surface area (Å²) in [6.45, 7) is 0. The third kappa shape index (κ3) is 3.88. The maximum Gasteiger partial charge on any atom is 0.231 e. The third-order valence-electron chi connectivity index (χ3n) is 3.54. The van der Waals surface area contributed by atoms with Crippen molar-refractivity contribution in [2.75, 3.05) is 42.9 Å². The van der Waals surface area contributed by atoms with Crippen LogP contribution in [0.1, 0.15) is 25.7 Å². The minimum Gasteiger partial charge on any atom is -0.357 e. The van der Waals surface area contributed by atoms with Gasteiger partial charge in [-0.3, -0.25) is 0 Å². The molecule has 1 fully saturated rings. The fourth-order valence-electron chi connectivity index (χ4n) is 2.41. The molecule has 1 aliphatic carbocycles. The Morgan fingerprint density at radius 1 is 1.15 bits per heavy atom. The molecule has 7 heteroatoms. The van der Waals surface area contributed by atoms with E-state index in [2.05, 4.69) is 31.8 Å². The zero-order valence-corrected chi connectivity index (χ0v) is 13.5. The number of anilines is 3. The van der Waals surface area contributed by atoms with Gasteiger partial charge in [0, 0.05) is 32.4 Å². The summed E-state index contributed by atoms with van der Waals surface area (Å²) < 4.78 is 0. The minimum absolute atomic E-state index is 0.461. The molecule has 112 valence electrons. The van der Waals surface area contributed by atoms with Crippen LogP contribution in [0, 0.1) is 0 Å². The smallest absolute Gasteiger partial charge is 0.231 e. The van der Waals surface area contributed by atoms with Gasteiger partial charge in [0.25, 0.3) is 0 Å². The van der Waals surface area contributed by atoms with Gasteiger partial charge in [-0.25, -0.2) is 0 Å². The zero-order chi connectivity index (χ0) is 14.5. The van der Waals surface area contributed by atoms with E-state index in [1.807, 2.05) is 37.8 Å². The highest BCUT2D eigenvalue weighted by Crippen LogP contribution is 2.28. The molecule has 0 saturated heterocycles. The van der Waals surface area contributed by atoms with Crippen molar-refractivity contribution in [3.8, 4) is 0 Å². The molecule has 6 nitrogen and oxygen atoms in total. The van der Waals surface area contributed by atoms with E-state index in [1.165, 1.54) is 25.7 Å². The Morgan fingerprint density at radius 2 is 1.90 bits per heavy atom. The van der Waals surface area contributed by atoms with Gasteiger partial charge in [-0.05, 0) is 25.5 Å². The van der Waals surface area contributed by atoms with Gasteiger partial charge >= 0.3 is 0 Å². The Balaban J connectivity index is 2.09. The van der Waals surface area contributed by atoms with Crippen LogP contribution < -0.4 is 15.5 Å². The standard InChI is InChI=1S/C13H24N6S/c1-14-11-16-12(18-13(17-11)19(2)3)15-9-6-5-7-10(8-9)20-4/h9-10H,5-8H2,1-4H3,(H2,14,15,16,17,18). The van der Waals surface area contributed by atoms with Crippen LogP contribution in [-0.2, 0) is 0 Å². The predicted molar refractivity (Wildman–Crippen MR) is 86.9 cm³/mol. The van der Waals surface area contributed by atoms with Crippen molar-refractivity contribution >= 4 is 29.6 Å². The first kappa shape index (κ1) is 15.2. The topological polar surface area (TPSA) is 66.0 Å². The quantitative estimate of drug-likeness (QED) is 0.862. The van der Waals surface area contributed by atoms with Crippen LogP contribution in [0.5, 0.6) is 0 Å². The fraction of sp³-hybridized carbons (Fsp3) is 0.769. The largest absolute Gasteiger partial charge is 0.357 e. The Kier molecular flexibility index (Phi) is 5.28. The third-order valence-corrected chi connectivity index (χ3v) is 4.63. The summed E-state index contributed by atoms with van der Waals surface area (Å²) in [4.78, 5) is 15.1. The van der Waals surface area contributed by atoms with Crippen LogP contribution >= 0.6 is 11.8 Å². The van der Waals surface area contributed by atoms with Gasteiger partial charge in [-0.1, -0.05) is 6.42 Å². The van der Waals surface area contributed by atoms with Crippen molar-refractivity contribution in [2.45, 2.75) is 37.0 Å². The predicted octanol–water partition coefficient (Wildman–Crippen LogP) is 2.07. The summed E-state index contributed by atoms with van der Waals surface area (Å²) in [5, 5.41) is 7.21. The zero-order valence-electron chi connectivity index (χ0n) is 12.7. The number of hydrogen-bond donors (Lipinski definition) is 2. The van der Waals surface area contributed by atoms with E-state index in [9.17, 15) is 0 Å². The van der Waals surface area contributed by atoms with Crippen LogP contribution in [0.15, 0.2) is 0 Å². The Morgan fingerprint density at radius 3 is 2.55 bits per heavy atom. The highest BCUT2D eigenvalue weighted by atomic mass is 32.2. The number of nitrogens with one attached hydrogen (secondary N) is 2. The second-order valence-corrected chi connectivity index (χ2v) is 6.43. The van der Waals surface area contributed by atoms with Crippen LogP contribution in [0.4, 0.5) is 17.8 Å². The van der Waals surface area contributed by atoms with Crippen LogP contribution in [0.2, 0.25) is 0 Å². The molecule has 0 spiro atoms. The first-order chi connectivity index (χ1) is 9.62. The molecule has 0 bridgehead atoms. The minimum atomic E-state index is 0.461. The van der Waals surface area contributed by atoms with Crippen LogP contribution in [0.3, 0.4) is 0 Å². The normalized spacial score (nSPS) is 22.4. The average molecular weight is 296 g/mol. The van der Waals surface area contributed by atoms with Crippen molar-refractivity contribution < 1.29 is 0 Å². The van der Waals surface area contributed by atoms with Crippen LogP contribution in [0.25, 0.3) is 0 Å². The molecule has 2 rings (SSSR count). The van der Waals surface area contributed by atoms with Crippen molar-refractivity contribution in [3.05, 3.63) is 0 Å². The number of thioether (sulfide) groups is 1. The Hall–Kier alpha value is -1.24. The molecule has 20 heavy (non-hydrogen) atoms.